The van der Waals surface area contributed by atoms with E-state index in [1.54, 1.807) is 30.3 Å². The second kappa shape index (κ2) is 6.49. The van der Waals surface area contributed by atoms with Gasteiger partial charge >= 0.3 is 6.29 Å². The van der Waals surface area contributed by atoms with Crippen LogP contribution < -0.4 is 14.8 Å². The molecular formula is C21H15ClF2N2O3. The highest BCUT2D eigenvalue weighted by Gasteiger charge is 2.43. The predicted molar refractivity (Wildman–Crippen MR) is 104 cm³/mol. The summed E-state index contributed by atoms with van der Waals surface area (Å²) in [5.74, 6) is -0.364. The maximum atomic E-state index is 13.2. The lowest BCUT2D eigenvalue weighted by molar-refractivity contribution is -0.286. The van der Waals surface area contributed by atoms with E-state index < -0.39 is 6.29 Å². The summed E-state index contributed by atoms with van der Waals surface area (Å²) in [5, 5.41) is 3.13. The summed E-state index contributed by atoms with van der Waals surface area (Å²) in [6.45, 7) is 0. The lowest BCUT2D eigenvalue weighted by Crippen LogP contribution is -2.25. The molecule has 148 valence electrons. The number of hydrogen-bond donors (Lipinski definition) is 1. The van der Waals surface area contributed by atoms with E-state index in [1.807, 2.05) is 16.8 Å². The molecule has 0 spiro atoms. The molecule has 2 aromatic carbocycles. The number of benzene rings is 2. The molecule has 1 amide bonds. The first-order valence-corrected chi connectivity index (χ1v) is 9.45. The number of rotatable bonds is 4. The highest BCUT2D eigenvalue weighted by molar-refractivity contribution is 6.33. The molecule has 0 radical (unpaired) electrons. The van der Waals surface area contributed by atoms with E-state index in [0.29, 0.717) is 28.6 Å². The number of hydrogen-bond acceptors (Lipinski definition) is 3. The zero-order valence-corrected chi connectivity index (χ0v) is 15.7. The topological polar surface area (TPSA) is 52.5 Å². The zero-order valence-electron chi connectivity index (χ0n) is 15.0. The Morgan fingerprint density at radius 1 is 1.10 bits per heavy atom. The number of carbonyl (C=O) groups is 1. The Labute approximate surface area is 169 Å². The normalized spacial score (nSPS) is 16.7. The number of ether oxygens (including phenoxy) is 2. The van der Waals surface area contributed by atoms with Crippen LogP contribution in [0.25, 0.3) is 11.1 Å². The summed E-state index contributed by atoms with van der Waals surface area (Å²) in [5.41, 5.74) is 2.45. The Morgan fingerprint density at radius 3 is 2.48 bits per heavy atom. The molecule has 1 aliphatic heterocycles. The third-order valence-electron chi connectivity index (χ3n) is 4.90. The molecule has 1 fully saturated rings. The Hall–Kier alpha value is -3.06. The van der Waals surface area contributed by atoms with Gasteiger partial charge in [-0.05, 0) is 48.7 Å². The van der Waals surface area contributed by atoms with Crippen molar-refractivity contribution in [2.45, 2.75) is 25.2 Å². The summed E-state index contributed by atoms with van der Waals surface area (Å²) in [6, 6.07) is 13.7. The lowest BCUT2D eigenvalue weighted by Gasteiger charge is -2.10. The first-order chi connectivity index (χ1) is 13.9. The molecule has 1 saturated carbocycles. The van der Waals surface area contributed by atoms with Gasteiger partial charge in [0.2, 0.25) is 0 Å². The lowest BCUT2D eigenvalue weighted by atomic mass is 10.0. The van der Waals surface area contributed by atoms with Crippen molar-refractivity contribution in [2.75, 3.05) is 5.32 Å². The summed E-state index contributed by atoms with van der Waals surface area (Å²) in [7, 11) is 0. The van der Waals surface area contributed by atoms with Gasteiger partial charge in [0.1, 0.15) is 5.69 Å². The van der Waals surface area contributed by atoms with Gasteiger partial charge in [-0.1, -0.05) is 23.7 Å². The molecule has 5 nitrogen and oxygen atoms in total. The average molecular weight is 417 g/mol. The molecule has 3 aromatic rings. The van der Waals surface area contributed by atoms with Crippen LogP contribution in [0, 0.1) is 0 Å². The van der Waals surface area contributed by atoms with E-state index in [2.05, 4.69) is 14.8 Å². The van der Waals surface area contributed by atoms with Crippen molar-refractivity contribution < 1.29 is 23.0 Å². The Bertz CT molecular complexity index is 1110. The molecule has 29 heavy (non-hydrogen) atoms. The fourth-order valence-corrected chi connectivity index (χ4v) is 3.64. The monoisotopic (exact) mass is 416 g/mol. The smallest absolute Gasteiger partial charge is 0.395 e. The van der Waals surface area contributed by atoms with Crippen LogP contribution >= 0.6 is 11.6 Å². The third kappa shape index (κ3) is 3.42. The quantitative estimate of drug-likeness (QED) is 0.592. The molecule has 8 heteroatoms. The first kappa shape index (κ1) is 18.0. The highest BCUT2D eigenvalue weighted by atomic mass is 35.5. The van der Waals surface area contributed by atoms with Gasteiger partial charge in [-0.3, -0.25) is 4.79 Å². The van der Waals surface area contributed by atoms with E-state index in [9.17, 15) is 13.6 Å². The molecule has 0 saturated heterocycles. The fraction of sp³-hybridized carbons (Fsp3) is 0.190. The van der Waals surface area contributed by atoms with Crippen LogP contribution in [0.4, 0.5) is 14.5 Å². The highest BCUT2D eigenvalue weighted by Crippen LogP contribution is 2.46. The Kier molecular flexibility index (Phi) is 4.03. The zero-order chi connectivity index (χ0) is 20.2. The predicted octanol–water partition coefficient (Wildman–Crippen LogP) is 5.72. The number of anilines is 1. The van der Waals surface area contributed by atoms with Crippen molar-refractivity contribution >= 4 is 23.2 Å². The number of carbonyl (C=O) groups excluding carboxylic acids is 1. The van der Waals surface area contributed by atoms with E-state index >= 15 is 0 Å². The number of nitrogens with one attached hydrogen (secondary N) is 1. The SMILES string of the molecule is O=C(Nc1ccc(-c2cc3c(cc2Cl)OC(F)(F)O3)cc1)c1cccn1C1CC1. The van der Waals surface area contributed by atoms with Crippen LogP contribution in [0.2, 0.25) is 5.02 Å². The second-order valence-electron chi connectivity index (χ2n) is 7.01. The standard InChI is InChI=1S/C21H15ClF2N2O3/c22-16-11-19-18(28-21(23,24)29-19)10-15(16)12-3-5-13(6-4-12)25-20(27)17-2-1-9-26(17)14-7-8-14/h1-6,9-11,14H,7-8H2,(H,25,27). The molecule has 0 bridgehead atoms. The van der Waals surface area contributed by atoms with E-state index in [4.69, 9.17) is 11.6 Å². The minimum Gasteiger partial charge on any atom is -0.395 e. The molecule has 0 atom stereocenters. The molecule has 0 unspecified atom stereocenters. The van der Waals surface area contributed by atoms with Gasteiger partial charge < -0.3 is 19.4 Å². The van der Waals surface area contributed by atoms with Gasteiger partial charge in [-0.2, -0.15) is 0 Å². The number of halogens is 3. The summed E-state index contributed by atoms with van der Waals surface area (Å²) in [6.07, 6.45) is 0.398. The van der Waals surface area contributed by atoms with Gasteiger partial charge in [0, 0.05) is 29.6 Å². The van der Waals surface area contributed by atoms with Gasteiger partial charge in [0.15, 0.2) is 11.5 Å². The average Bonchev–Trinajstić information content (AvgIpc) is 3.31. The summed E-state index contributed by atoms with van der Waals surface area (Å²) < 4.78 is 37.4. The van der Waals surface area contributed by atoms with E-state index in [-0.39, 0.29) is 22.4 Å². The maximum absolute atomic E-state index is 13.2. The van der Waals surface area contributed by atoms with Crippen molar-refractivity contribution in [3.05, 3.63) is 65.4 Å². The van der Waals surface area contributed by atoms with E-state index in [1.165, 1.54) is 12.1 Å². The molecule has 2 aliphatic rings. The van der Waals surface area contributed by atoms with Crippen LogP contribution in [-0.4, -0.2) is 16.8 Å². The van der Waals surface area contributed by atoms with Crippen molar-refractivity contribution in [1.29, 1.82) is 0 Å². The maximum Gasteiger partial charge on any atom is 0.586 e. The van der Waals surface area contributed by atoms with Crippen LogP contribution in [-0.2, 0) is 0 Å². The minimum absolute atomic E-state index is 0.0763. The number of nitrogens with zero attached hydrogens (tertiary/aromatic N) is 1. The minimum atomic E-state index is -3.70. The van der Waals surface area contributed by atoms with Crippen molar-refractivity contribution in [3.8, 4) is 22.6 Å². The second-order valence-corrected chi connectivity index (χ2v) is 7.42. The van der Waals surface area contributed by atoms with Gasteiger partial charge in [0.05, 0.1) is 5.02 Å². The molecule has 2 heterocycles. The van der Waals surface area contributed by atoms with Crippen LogP contribution in [0.1, 0.15) is 29.4 Å². The molecule has 1 N–H and O–H groups in total. The van der Waals surface area contributed by atoms with Crippen LogP contribution in [0.15, 0.2) is 54.7 Å². The van der Waals surface area contributed by atoms with Gasteiger partial charge in [-0.25, -0.2) is 0 Å². The largest absolute Gasteiger partial charge is 0.586 e. The van der Waals surface area contributed by atoms with Crippen LogP contribution in [0.3, 0.4) is 0 Å². The van der Waals surface area contributed by atoms with Gasteiger partial charge in [-0.15, -0.1) is 8.78 Å². The van der Waals surface area contributed by atoms with E-state index in [0.717, 1.165) is 12.8 Å². The van der Waals surface area contributed by atoms with Crippen molar-refractivity contribution in [1.82, 2.24) is 4.57 Å². The number of fused-ring (bicyclic) bond motifs is 1. The third-order valence-corrected chi connectivity index (χ3v) is 5.21. The molecular weight excluding hydrogens is 402 g/mol. The number of alkyl halides is 2. The number of aromatic nitrogens is 1. The molecule has 5 rings (SSSR count). The summed E-state index contributed by atoms with van der Waals surface area (Å²) in [4.78, 5) is 12.6. The summed E-state index contributed by atoms with van der Waals surface area (Å²) >= 11 is 6.23. The van der Waals surface area contributed by atoms with Crippen LogP contribution in [0.5, 0.6) is 11.5 Å². The number of amides is 1. The molecule has 1 aliphatic carbocycles. The molecule has 1 aromatic heterocycles. The fourth-order valence-electron chi connectivity index (χ4n) is 3.38. The van der Waals surface area contributed by atoms with Crippen molar-refractivity contribution in [2.24, 2.45) is 0 Å². The first-order valence-electron chi connectivity index (χ1n) is 9.08. The Balaban J connectivity index is 1.36. The Morgan fingerprint density at radius 2 is 1.79 bits per heavy atom. The van der Waals surface area contributed by atoms with Gasteiger partial charge in [0.25, 0.3) is 5.91 Å². The van der Waals surface area contributed by atoms with Crippen molar-refractivity contribution in [3.63, 3.8) is 0 Å².